The van der Waals surface area contributed by atoms with Gasteiger partial charge in [0.2, 0.25) is 5.91 Å². The van der Waals surface area contributed by atoms with Gasteiger partial charge in [0, 0.05) is 19.3 Å². The molecule has 1 fully saturated rings. The van der Waals surface area contributed by atoms with Crippen LogP contribution in [0.1, 0.15) is 26.2 Å². The lowest BCUT2D eigenvalue weighted by Gasteiger charge is -2.41. The number of rotatable bonds is 7. The first-order chi connectivity index (χ1) is 11.5. The molecule has 0 bridgehead atoms. The summed E-state index contributed by atoms with van der Waals surface area (Å²) >= 11 is 0. The van der Waals surface area contributed by atoms with Crippen LogP contribution in [0.25, 0.3) is 0 Å². The standard InChI is InChI=1S/C15H19F3N2O5/c1-4-6-7-14(25-13(24)15(16,17)18)10(5-2)8-11(12(22)23)20(14)19-9(3)21/h4-5,10-11H,1-2,6-8H2,3H3,(H,19,21)(H,22,23)/t10-,11-,14+/m1/s1. The number of carboxylic acids is 1. The summed E-state index contributed by atoms with van der Waals surface area (Å²) in [5.74, 6) is -5.54. The van der Waals surface area contributed by atoms with E-state index in [0.29, 0.717) is 0 Å². The molecule has 0 radical (unpaired) electrons. The summed E-state index contributed by atoms with van der Waals surface area (Å²) in [6, 6.07) is -1.39. The third-order valence-electron chi connectivity index (χ3n) is 3.83. The highest BCUT2D eigenvalue weighted by molar-refractivity contribution is 5.78. The van der Waals surface area contributed by atoms with Gasteiger partial charge in [-0.1, -0.05) is 12.2 Å². The molecule has 1 heterocycles. The first-order valence-electron chi connectivity index (χ1n) is 7.32. The molecule has 1 aliphatic rings. The van der Waals surface area contributed by atoms with Gasteiger partial charge in [0.05, 0.1) is 0 Å². The summed E-state index contributed by atoms with van der Waals surface area (Å²) in [7, 11) is 0. The molecule has 1 amide bonds. The molecule has 1 saturated heterocycles. The van der Waals surface area contributed by atoms with E-state index < -0.39 is 41.7 Å². The molecule has 0 unspecified atom stereocenters. The van der Waals surface area contributed by atoms with Gasteiger partial charge in [-0.15, -0.1) is 13.2 Å². The molecule has 1 rings (SSSR count). The molecule has 2 N–H and O–H groups in total. The van der Waals surface area contributed by atoms with Crippen molar-refractivity contribution in [3.05, 3.63) is 25.3 Å². The number of carboxylic acid groups (broad SMARTS) is 1. The Balaban J connectivity index is 3.44. The summed E-state index contributed by atoms with van der Waals surface area (Å²) in [6.45, 7) is 8.01. The lowest BCUT2D eigenvalue weighted by atomic mass is 9.91. The van der Waals surface area contributed by atoms with Crippen LogP contribution in [-0.4, -0.2) is 45.9 Å². The van der Waals surface area contributed by atoms with E-state index in [1.54, 1.807) is 0 Å². The summed E-state index contributed by atoms with van der Waals surface area (Å²) in [5, 5.41) is 10.1. The first kappa shape index (κ1) is 20.7. The summed E-state index contributed by atoms with van der Waals surface area (Å²) in [5.41, 5.74) is 0.137. The monoisotopic (exact) mass is 364 g/mol. The Kier molecular flexibility index (Phi) is 6.36. The smallest absolute Gasteiger partial charge is 0.480 e. The molecule has 1 aliphatic heterocycles. The van der Waals surface area contributed by atoms with Crippen molar-refractivity contribution in [3.8, 4) is 0 Å². The van der Waals surface area contributed by atoms with Crippen molar-refractivity contribution in [2.75, 3.05) is 0 Å². The quantitative estimate of drug-likeness (QED) is 0.528. The number of allylic oxidation sites excluding steroid dienone is 1. The number of carbonyl (C=O) groups is 3. The lowest BCUT2D eigenvalue weighted by molar-refractivity contribution is -0.240. The Hall–Kier alpha value is -2.36. The molecule has 7 nitrogen and oxygen atoms in total. The van der Waals surface area contributed by atoms with E-state index in [2.05, 4.69) is 18.6 Å². The molecule has 0 aromatic heterocycles. The number of hydrogen-bond acceptors (Lipinski definition) is 5. The maximum Gasteiger partial charge on any atom is 0.490 e. The number of hydrogen-bond donors (Lipinski definition) is 2. The number of amides is 1. The minimum atomic E-state index is -5.28. The van der Waals surface area contributed by atoms with Gasteiger partial charge in [-0.25, -0.2) is 4.79 Å². The summed E-state index contributed by atoms with van der Waals surface area (Å²) in [4.78, 5) is 34.4. The molecule has 25 heavy (non-hydrogen) atoms. The van der Waals surface area contributed by atoms with Crippen molar-refractivity contribution < 1.29 is 37.4 Å². The van der Waals surface area contributed by atoms with Crippen molar-refractivity contribution in [3.63, 3.8) is 0 Å². The van der Waals surface area contributed by atoms with Crippen molar-refractivity contribution >= 4 is 17.8 Å². The van der Waals surface area contributed by atoms with Crippen LogP contribution in [0.15, 0.2) is 25.3 Å². The molecule has 0 aromatic carbocycles. The Morgan fingerprint density at radius 1 is 1.40 bits per heavy atom. The predicted octanol–water partition coefficient (Wildman–Crippen LogP) is 1.77. The van der Waals surface area contributed by atoms with Crippen LogP contribution < -0.4 is 5.43 Å². The summed E-state index contributed by atoms with van der Waals surface area (Å²) < 4.78 is 42.9. The summed E-state index contributed by atoms with van der Waals surface area (Å²) in [6.07, 6.45) is -2.98. The zero-order valence-corrected chi connectivity index (χ0v) is 13.5. The van der Waals surface area contributed by atoms with Crippen LogP contribution in [-0.2, 0) is 19.1 Å². The van der Waals surface area contributed by atoms with Crippen LogP contribution in [0, 0.1) is 5.92 Å². The van der Waals surface area contributed by atoms with E-state index in [1.165, 1.54) is 12.2 Å². The lowest BCUT2D eigenvalue weighted by Crippen LogP contribution is -2.62. The van der Waals surface area contributed by atoms with Gasteiger partial charge in [-0.05, 0) is 12.8 Å². The normalized spacial score (nSPS) is 26.7. The van der Waals surface area contributed by atoms with E-state index in [9.17, 15) is 32.7 Å². The van der Waals surface area contributed by atoms with Crippen LogP contribution in [0.5, 0.6) is 0 Å². The van der Waals surface area contributed by atoms with Crippen LogP contribution >= 0.6 is 0 Å². The SMILES string of the molecule is C=CCC[C@]1(OC(=O)C(F)(F)F)[C@H](C=C)C[C@H](C(=O)O)N1NC(C)=O. The Labute approximate surface area is 142 Å². The molecule has 0 aromatic rings. The van der Waals surface area contributed by atoms with Crippen LogP contribution in [0.2, 0.25) is 0 Å². The second kappa shape index (κ2) is 7.68. The number of nitrogens with zero attached hydrogens (tertiary/aromatic N) is 1. The van der Waals surface area contributed by atoms with Gasteiger partial charge in [-0.3, -0.25) is 15.0 Å². The maximum absolute atomic E-state index is 12.7. The Morgan fingerprint density at radius 3 is 2.40 bits per heavy atom. The second-order valence-electron chi connectivity index (χ2n) is 5.53. The van der Waals surface area contributed by atoms with Gasteiger partial charge in [0.1, 0.15) is 6.04 Å². The predicted molar refractivity (Wildman–Crippen MR) is 79.7 cm³/mol. The fourth-order valence-electron chi connectivity index (χ4n) is 2.82. The minimum Gasteiger partial charge on any atom is -0.480 e. The molecule has 0 saturated carbocycles. The Bertz CT molecular complexity index is 578. The third kappa shape index (κ3) is 4.38. The average molecular weight is 364 g/mol. The van der Waals surface area contributed by atoms with Crippen molar-refractivity contribution in [1.82, 2.24) is 10.4 Å². The highest BCUT2D eigenvalue weighted by Crippen LogP contribution is 2.44. The van der Waals surface area contributed by atoms with Crippen molar-refractivity contribution in [2.45, 2.75) is 44.1 Å². The van der Waals surface area contributed by atoms with E-state index in [0.717, 1.165) is 11.9 Å². The molecular formula is C15H19F3N2O5. The van der Waals surface area contributed by atoms with Crippen molar-refractivity contribution in [1.29, 1.82) is 0 Å². The zero-order valence-electron chi connectivity index (χ0n) is 13.5. The fraction of sp³-hybridized carbons (Fsp3) is 0.533. The van der Waals surface area contributed by atoms with E-state index >= 15 is 0 Å². The number of esters is 1. The van der Waals surface area contributed by atoms with Gasteiger partial charge in [0.15, 0.2) is 5.72 Å². The number of nitrogens with one attached hydrogen (secondary N) is 1. The topological polar surface area (TPSA) is 95.9 Å². The number of ether oxygens (including phenoxy) is 1. The number of halogens is 3. The Morgan fingerprint density at radius 2 is 2.00 bits per heavy atom. The highest BCUT2D eigenvalue weighted by atomic mass is 19.4. The van der Waals surface area contributed by atoms with E-state index in [4.69, 9.17) is 4.74 Å². The van der Waals surface area contributed by atoms with E-state index in [-0.39, 0.29) is 19.3 Å². The number of alkyl halides is 3. The largest absolute Gasteiger partial charge is 0.490 e. The van der Waals surface area contributed by atoms with Gasteiger partial charge < -0.3 is 9.84 Å². The van der Waals surface area contributed by atoms with Crippen LogP contribution in [0.4, 0.5) is 13.2 Å². The first-order valence-corrected chi connectivity index (χ1v) is 7.32. The molecular weight excluding hydrogens is 345 g/mol. The van der Waals surface area contributed by atoms with Gasteiger partial charge >= 0.3 is 18.1 Å². The number of aliphatic carboxylic acids is 1. The molecule has 3 atom stereocenters. The highest BCUT2D eigenvalue weighted by Gasteiger charge is 2.60. The molecule has 0 aliphatic carbocycles. The fourth-order valence-corrected chi connectivity index (χ4v) is 2.82. The molecule has 10 heteroatoms. The van der Waals surface area contributed by atoms with Crippen molar-refractivity contribution in [2.24, 2.45) is 5.92 Å². The number of hydrazine groups is 1. The van der Waals surface area contributed by atoms with E-state index in [1.807, 2.05) is 0 Å². The minimum absolute atomic E-state index is 0.109. The van der Waals surface area contributed by atoms with Gasteiger partial charge in [-0.2, -0.15) is 18.2 Å². The second-order valence-corrected chi connectivity index (χ2v) is 5.53. The molecule has 140 valence electrons. The third-order valence-corrected chi connectivity index (χ3v) is 3.83. The van der Waals surface area contributed by atoms with Crippen LogP contribution in [0.3, 0.4) is 0 Å². The number of carbonyl (C=O) groups excluding carboxylic acids is 2. The average Bonchev–Trinajstić information content (AvgIpc) is 2.78. The zero-order chi connectivity index (χ0) is 19.4. The molecule has 0 spiro atoms. The maximum atomic E-state index is 12.7. The van der Waals surface area contributed by atoms with Gasteiger partial charge in [0.25, 0.3) is 0 Å².